The number of benzene rings is 1. The molecule has 0 radical (unpaired) electrons. The van der Waals surface area contributed by atoms with Crippen molar-refractivity contribution in [1.29, 1.82) is 0 Å². The molecule has 13 heavy (non-hydrogen) atoms. The highest BCUT2D eigenvalue weighted by Crippen LogP contribution is 2.27. The maximum atomic E-state index is 11.7. The summed E-state index contributed by atoms with van der Waals surface area (Å²) in [5.41, 5.74) is 5.50. The predicted molar refractivity (Wildman–Crippen MR) is 45.2 cm³/mol. The van der Waals surface area contributed by atoms with Gasteiger partial charge >= 0.3 is 6.36 Å². The Labute approximate surface area is 80.6 Å². The molecule has 6 heteroatoms. The summed E-state index contributed by atoms with van der Waals surface area (Å²) in [6, 6.07) is 3.76. The molecule has 1 aromatic carbocycles. The van der Waals surface area contributed by atoms with Crippen LogP contribution in [0.4, 0.5) is 18.9 Å². The van der Waals surface area contributed by atoms with E-state index in [0.717, 1.165) is 6.07 Å². The number of hydrogen-bond acceptors (Lipinski definition) is 2. The van der Waals surface area contributed by atoms with Crippen molar-refractivity contribution >= 4 is 21.6 Å². The largest absolute Gasteiger partial charge is 0.573 e. The summed E-state index contributed by atoms with van der Waals surface area (Å²) in [5.74, 6) is -0.334. The maximum absolute atomic E-state index is 11.7. The van der Waals surface area contributed by atoms with E-state index >= 15 is 0 Å². The average Bonchev–Trinajstić information content (AvgIpc) is 1.78. The Hall–Kier alpha value is -0.910. The van der Waals surface area contributed by atoms with E-state index in [2.05, 4.69) is 20.7 Å². The van der Waals surface area contributed by atoms with Gasteiger partial charge in [-0.1, -0.05) is 15.9 Å². The number of anilines is 1. The van der Waals surface area contributed by atoms with Gasteiger partial charge in [0.05, 0.1) is 0 Å². The first-order chi connectivity index (χ1) is 5.87. The van der Waals surface area contributed by atoms with Crippen LogP contribution in [-0.2, 0) is 0 Å². The molecule has 2 nitrogen and oxygen atoms in total. The summed E-state index contributed by atoms with van der Waals surface area (Å²) in [4.78, 5) is 0. The van der Waals surface area contributed by atoms with Gasteiger partial charge in [0.25, 0.3) is 0 Å². The molecule has 72 valence electrons. The van der Waals surface area contributed by atoms with Gasteiger partial charge in [-0.3, -0.25) is 0 Å². The molecule has 0 fully saturated rings. The minimum Gasteiger partial charge on any atom is -0.406 e. The minimum atomic E-state index is -4.69. The van der Waals surface area contributed by atoms with E-state index in [1.165, 1.54) is 12.1 Å². The van der Waals surface area contributed by atoms with Crippen molar-refractivity contribution in [1.82, 2.24) is 0 Å². The van der Waals surface area contributed by atoms with Crippen molar-refractivity contribution in [2.24, 2.45) is 0 Å². The summed E-state index contributed by atoms with van der Waals surface area (Å²) in [5, 5.41) is 0. The highest BCUT2D eigenvalue weighted by Gasteiger charge is 2.31. The second-order valence-electron chi connectivity index (χ2n) is 2.27. The van der Waals surface area contributed by atoms with Crippen LogP contribution in [0.15, 0.2) is 22.7 Å². The third-order valence-electron chi connectivity index (χ3n) is 1.13. The number of halogens is 4. The summed E-state index contributed by atoms with van der Waals surface area (Å²) < 4.78 is 39.3. The maximum Gasteiger partial charge on any atom is 0.573 e. The smallest absolute Gasteiger partial charge is 0.406 e. The SMILES string of the molecule is Nc1cc(Br)cc(OC(F)(F)F)c1. The number of alkyl halides is 3. The van der Waals surface area contributed by atoms with E-state index in [9.17, 15) is 13.2 Å². The van der Waals surface area contributed by atoms with Crippen LogP contribution >= 0.6 is 15.9 Å². The third-order valence-corrected chi connectivity index (χ3v) is 1.59. The molecule has 0 amide bonds. The van der Waals surface area contributed by atoms with Crippen molar-refractivity contribution in [3.63, 3.8) is 0 Å². The average molecular weight is 256 g/mol. The molecule has 0 bridgehead atoms. The third kappa shape index (κ3) is 3.54. The van der Waals surface area contributed by atoms with Crippen molar-refractivity contribution in [2.75, 3.05) is 5.73 Å². The van der Waals surface area contributed by atoms with Crippen LogP contribution < -0.4 is 10.5 Å². The molecule has 1 rings (SSSR count). The van der Waals surface area contributed by atoms with Crippen LogP contribution in [0.5, 0.6) is 5.75 Å². The van der Waals surface area contributed by atoms with Crippen LogP contribution in [0, 0.1) is 0 Å². The number of nitrogen functional groups attached to an aromatic ring is 1. The highest BCUT2D eigenvalue weighted by atomic mass is 79.9. The lowest BCUT2D eigenvalue weighted by Crippen LogP contribution is -2.17. The number of hydrogen-bond donors (Lipinski definition) is 1. The fourth-order valence-corrected chi connectivity index (χ4v) is 1.27. The van der Waals surface area contributed by atoms with Gasteiger partial charge in [0.15, 0.2) is 0 Å². The Bertz CT molecular complexity index is 293. The van der Waals surface area contributed by atoms with E-state index < -0.39 is 6.36 Å². The van der Waals surface area contributed by atoms with Gasteiger partial charge in [-0.25, -0.2) is 0 Å². The molecular formula is C7H5BrF3NO. The predicted octanol–water partition coefficient (Wildman–Crippen LogP) is 2.93. The normalized spacial score (nSPS) is 11.4. The molecule has 0 unspecified atom stereocenters. The fourth-order valence-electron chi connectivity index (χ4n) is 0.777. The van der Waals surface area contributed by atoms with Gasteiger partial charge < -0.3 is 10.5 Å². The van der Waals surface area contributed by atoms with E-state index in [-0.39, 0.29) is 11.4 Å². The number of rotatable bonds is 1. The Kier molecular flexibility index (Phi) is 2.70. The standard InChI is InChI=1S/C7H5BrF3NO/c8-4-1-5(12)3-6(2-4)13-7(9,10)11/h1-3H,12H2. The Morgan fingerprint density at radius 1 is 1.23 bits per heavy atom. The number of nitrogens with two attached hydrogens (primary N) is 1. The van der Waals surface area contributed by atoms with Crippen molar-refractivity contribution < 1.29 is 17.9 Å². The van der Waals surface area contributed by atoms with Gasteiger partial charge in [-0.2, -0.15) is 0 Å². The molecule has 0 aliphatic rings. The van der Waals surface area contributed by atoms with E-state index in [0.29, 0.717) is 4.47 Å². The van der Waals surface area contributed by atoms with Crippen LogP contribution in [0.25, 0.3) is 0 Å². The Balaban J connectivity index is 2.90. The summed E-state index contributed by atoms with van der Waals surface area (Å²) in [6.45, 7) is 0. The summed E-state index contributed by atoms with van der Waals surface area (Å²) in [7, 11) is 0. The molecule has 2 N–H and O–H groups in total. The molecule has 0 aliphatic carbocycles. The molecule has 0 aliphatic heterocycles. The highest BCUT2D eigenvalue weighted by molar-refractivity contribution is 9.10. The lowest BCUT2D eigenvalue weighted by atomic mass is 10.3. The fraction of sp³-hybridized carbons (Fsp3) is 0.143. The van der Waals surface area contributed by atoms with Crippen LogP contribution in [-0.4, -0.2) is 6.36 Å². The first-order valence-electron chi connectivity index (χ1n) is 3.18. The second-order valence-corrected chi connectivity index (χ2v) is 3.18. The molecule has 0 heterocycles. The molecule has 0 saturated carbocycles. The van der Waals surface area contributed by atoms with E-state index in [1.54, 1.807) is 0 Å². The number of ether oxygens (including phenoxy) is 1. The Morgan fingerprint density at radius 2 is 1.85 bits per heavy atom. The van der Waals surface area contributed by atoms with Gasteiger partial charge in [0, 0.05) is 16.2 Å². The van der Waals surface area contributed by atoms with Crippen molar-refractivity contribution in [3.8, 4) is 5.75 Å². The molecule has 0 atom stereocenters. The van der Waals surface area contributed by atoms with Gasteiger partial charge in [0.2, 0.25) is 0 Å². The molecule has 1 aromatic rings. The zero-order valence-corrected chi connectivity index (χ0v) is 7.82. The van der Waals surface area contributed by atoms with Gasteiger partial charge in [-0.05, 0) is 12.1 Å². The van der Waals surface area contributed by atoms with Crippen LogP contribution in [0.2, 0.25) is 0 Å². The van der Waals surface area contributed by atoms with Crippen LogP contribution in [0.3, 0.4) is 0 Å². The van der Waals surface area contributed by atoms with E-state index in [1.807, 2.05) is 0 Å². The summed E-state index contributed by atoms with van der Waals surface area (Å²) in [6.07, 6.45) is -4.69. The van der Waals surface area contributed by atoms with E-state index in [4.69, 9.17) is 5.73 Å². The van der Waals surface area contributed by atoms with Crippen molar-refractivity contribution in [3.05, 3.63) is 22.7 Å². The first kappa shape index (κ1) is 10.2. The molecule has 0 saturated heterocycles. The van der Waals surface area contributed by atoms with Crippen molar-refractivity contribution in [2.45, 2.75) is 6.36 Å². The lowest BCUT2D eigenvalue weighted by molar-refractivity contribution is -0.274. The minimum absolute atomic E-state index is 0.202. The van der Waals surface area contributed by atoms with Gasteiger partial charge in [0.1, 0.15) is 5.75 Å². The van der Waals surface area contributed by atoms with Gasteiger partial charge in [-0.15, -0.1) is 13.2 Å². The second kappa shape index (κ2) is 3.45. The Morgan fingerprint density at radius 3 is 2.31 bits per heavy atom. The molecule has 0 aromatic heterocycles. The lowest BCUT2D eigenvalue weighted by Gasteiger charge is -2.09. The molecular weight excluding hydrogens is 251 g/mol. The quantitative estimate of drug-likeness (QED) is 0.784. The summed E-state index contributed by atoms with van der Waals surface area (Å²) >= 11 is 2.99. The zero-order valence-electron chi connectivity index (χ0n) is 6.23. The monoisotopic (exact) mass is 255 g/mol. The topological polar surface area (TPSA) is 35.2 Å². The molecule has 0 spiro atoms. The zero-order chi connectivity index (χ0) is 10.1. The van der Waals surface area contributed by atoms with Crippen LogP contribution in [0.1, 0.15) is 0 Å². The first-order valence-corrected chi connectivity index (χ1v) is 3.98.